The topological polar surface area (TPSA) is 82.1 Å². The van der Waals surface area contributed by atoms with E-state index >= 15 is 0 Å². The quantitative estimate of drug-likeness (QED) is 0.0868. The van der Waals surface area contributed by atoms with Gasteiger partial charge in [-0.3, -0.25) is 0 Å². The molecule has 1 N–H and O–H groups in total. The summed E-state index contributed by atoms with van der Waals surface area (Å²) in [6, 6.07) is 0. The minimum Gasteiger partial charge on any atom is -0.460 e. The van der Waals surface area contributed by atoms with Gasteiger partial charge in [-0.25, -0.2) is 9.36 Å². The molecule has 0 aromatic heterocycles. The average molecular weight is 539 g/mol. The fraction of sp³-hybridized carbons (Fsp3) is 0.963. The van der Waals surface area contributed by atoms with E-state index in [1.807, 2.05) is 11.8 Å². The maximum Gasteiger partial charge on any atom is 0.435 e. The van der Waals surface area contributed by atoms with Gasteiger partial charge in [0.2, 0.25) is 0 Å². The lowest BCUT2D eigenvalue weighted by Crippen LogP contribution is -2.25. The van der Waals surface area contributed by atoms with Gasteiger partial charge >= 0.3 is 13.3 Å². The fourth-order valence-corrected chi connectivity index (χ4v) is 6.09. The number of ether oxygens (including phenoxy) is 2. The van der Waals surface area contributed by atoms with Crippen molar-refractivity contribution in [3.63, 3.8) is 0 Å². The summed E-state index contributed by atoms with van der Waals surface area (Å²) in [4.78, 5) is 20.7. The predicted molar refractivity (Wildman–Crippen MR) is 150 cm³/mol. The van der Waals surface area contributed by atoms with E-state index in [0.717, 1.165) is 7.11 Å². The van der Waals surface area contributed by atoms with Gasteiger partial charge in [0, 0.05) is 11.9 Å². The van der Waals surface area contributed by atoms with Crippen LogP contribution >= 0.6 is 19.4 Å². The van der Waals surface area contributed by atoms with Crippen molar-refractivity contribution < 1.29 is 28.3 Å². The number of thioether (sulfide) groups is 1. The first kappa shape index (κ1) is 34.9. The normalized spacial score (nSPS) is 15.0. The van der Waals surface area contributed by atoms with E-state index in [1.165, 1.54) is 108 Å². The van der Waals surface area contributed by atoms with Crippen LogP contribution < -0.4 is 0 Å². The van der Waals surface area contributed by atoms with E-state index in [2.05, 4.69) is 25.5 Å². The van der Waals surface area contributed by atoms with Gasteiger partial charge in [-0.2, -0.15) is 11.8 Å². The molecule has 0 aromatic rings. The molecule has 0 fully saturated rings. The first-order chi connectivity index (χ1) is 16.9. The molecule has 0 heterocycles. The zero-order valence-electron chi connectivity index (χ0n) is 23.1. The molecule has 0 saturated heterocycles. The van der Waals surface area contributed by atoms with Crippen molar-refractivity contribution >= 4 is 25.1 Å². The van der Waals surface area contributed by atoms with Gasteiger partial charge in [-0.1, -0.05) is 104 Å². The lowest BCUT2D eigenvalue weighted by atomic mass is 10.1. The summed E-state index contributed by atoms with van der Waals surface area (Å²) in [6.07, 6.45) is 21.7. The zero-order chi connectivity index (χ0) is 26.2. The van der Waals surface area contributed by atoms with E-state index < -0.39 is 13.3 Å². The minimum atomic E-state index is -4.35. The van der Waals surface area contributed by atoms with Crippen LogP contribution in [0.25, 0.3) is 0 Å². The van der Waals surface area contributed by atoms with Crippen molar-refractivity contribution in [2.45, 2.75) is 141 Å². The molecule has 8 heteroatoms. The van der Waals surface area contributed by atoms with Crippen LogP contribution in [0.15, 0.2) is 0 Å². The highest BCUT2D eigenvalue weighted by Gasteiger charge is 2.31. The number of carbonyl (C=O) groups is 1. The number of hydrogen-bond donors (Lipinski definition) is 1. The molecule has 210 valence electrons. The summed E-state index contributed by atoms with van der Waals surface area (Å²) in [7, 11) is -3.28. The summed E-state index contributed by atoms with van der Waals surface area (Å²) in [5, 5.41) is 0.468. The molecule has 6 nitrogen and oxygen atoms in total. The van der Waals surface area contributed by atoms with Gasteiger partial charge in [0.05, 0.1) is 19.8 Å². The van der Waals surface area contributed by atoms with Crippen LogP contribution in [0.3, 0.4) is 0 Å². The van der Waals surface area contributed by atoms with Gasteiger partial charge in [0.25, 0.3) is 0 Å². The second kappa shape index (κ2) is 24.3. The molecule has 0 bridgehead atoms. The smallest absolute Gasteiger partial charge is 0.435 e. The monoisotopic (exact) mass is 538 g/mol. The maximum absolute atomic E-state index is 11.7. The molecular weight excluding hydrogens is 483 g/mol. The number of carbonyl (C=O) groups excluding carboxylic acids is 1. The Balaban J connectivity index is 4.25. The molecule has 0 saturated carbocycles. The highest BCUT2D eigenvalue weighted by molar-refractivity contribution is 7.99. The Morgan fingerprint density at radius 1 is 0.800 bits per heavy atom. The van der Waals surface area contributed by atoms with E-state index in [9.17, 15) is 14.3 Å². The van der Waals surface area contributed by atoms with Crippen LogP contribution in [-0.4, -0.2) is 48.0 Å². The standard InChI is InChI=1S/C27H55O6PS/c1-5-7-9-11-13-15-17-19-24-35-26(21-18-16-14-12-10-8-6-2)25(3)32-22-20-23-33-34(29,30)27(28)31-4/h25-26H,5-24H2,1-4H3,(H,29,30). The third-order valence-electron chi connectivity index (χ3n) is 6.29. The molecule has 0 amide bonds. The lowest BCUT2D eigenvalue weighted by molar-refractivity contribution is 0.0536. The minimum absolute atomic E-state index is 0.0105. The Labute approximate surface area is 220 Å². The van der Waals surface area contributed by atoms with Gasteiger partial charge in [0.15, 0.2) is 0 Å². The number of hydrogen-bond acceptors (Lipinski definition) is 6. The largest absolute Gasteiger partial charge is 0.460 e. The van der Waals surface area contributed by atoms with Crippen molar-refractivity contribution in [3.8, 4) is 0 Å². The number of methoxy groups -OCH3 is 1. The van der Waals surface area contributed by atoms with Crippen LogP contribution in [0, 0.1) is 0 Å². The molecule has 3 unspecified atom stereocenters. The molecular formula is C27H55O6PS. The van der Waals surface area contributed by atoms with Crippen LogP contribution in [0.5, 0.6) is 0 Å². The van der Waals surface area contributed by atoms with E-state index in [1.54, 1.807) is 0 Å². The molecule has 3 atom stereocenters. The first-order valence-electron chi connectivity index (χ1n) is 14.2. The van der Waals surface area contributed by atoms with Crippen molar-refractivity contribution in [2.24, 2.45) is 0 Å². The van der Waals surface area contributed by atoms with Gasteiger partial charge in [-0.15, -0.1) is 0 Å². The molecule has 0 aliphatic rings. The SMILES string of the molecule is CCCCCCCCCCSC(CCCCCCCCC)C(C)OCCCOP(=O)(O)C(=O)OC. The Morgan fingerprint density at radius 3 is 1.86 bits per heavy atom. The molecule has 0 aliphatic heterocycles. The van der Waals surface area contributed by atoms with Crippen LogP contribution in [0.1, 0.15) is 130 Å². The molecule has 0 spiro atoms. The van der Waals surface area contributed by atoms with E-state index in [-0.39, 0.29) is 12.7 Å². The summed E-state index contributed by atoms with van der Waals surface area (Å²) in [5.74, 6) is 1.18. The van der Waals surface area contributed by atoms with Crippen molar-refractivity contribution in [2.75, 3.05) is 26.1 Å². The number of rotatable bonds is 26. The van der Waals surface area contributed by atoms with Crippen LogP contribution in [0.2, 0.25) is 0 Å². The Morgan fingerprint density at radius 2 is 1.31 bits per heavy atom. The van der Waals surface area contributed by atoms with Crippen LogP contribution in [0.4, 0.5) is 4.79 Å². The number of unbranched alkanes of at least 4 members (excludes halogenated alkanes) is 13. The molecule has 35 heavy (non-hydrogen) atoms. The van der Waals surface area contributed by atoms with Gasteiger partial charge < -0.3 is 18.9 Å². The summed E-state index contributed by atoms with van der Waals surface area (Å²) in [6.45, 7) is 7.08. The maximum atomic E-state index is 11.7. The van der Waals surface area contributed by atoms with Crippen molar-refractivity contribution in [3.05, 3.63) is 0 Å². The van der Waals surface area contributed by atoms with Crippen molar-refractivity contribution in [1.29, 1.82) is 0 Å². The Hall–Kier alpha value is -0.0700. The second-order valence-corrected chi connectivity index (χ2v) is 12.6. The lowest BCUT2D eigenvalue weighted by Gasteiger charge is -2.24. The summed E-state index contributed by atoms with van der Waals surface area (Å²) in [5.41, 5.74) is -1.22. The highest BCUT2D eigenvalue weighted by Crippen LogP contribution is 2.43. The zero-order valence-corrected chi connectivity index (χ0v) is 24.9. The van der Waals surface area contributed by atoms with E-state index in [0.29, 0.717) is 18.3 Å². The van der Waals surface area contributed by atoms with E-state index in [4.69, 9.17) is 9.26 Å². The van der Waals surface area contributed by atoms with Crippen molar-refractivity contribution in [1.82, 2.24) is 0 Å². The van der Waals surface area contributed by atoms with Crippen LogP contribution in [-0.2, 0) is 18.6 Å². The second-order valence-electron chi connectivity index (χ2n) is 9.55. The third kappa shape index (κ3) is 20.6. The molecule has 0 radical (unpaired) electrons. The molecule has 0 aliphatic carbocycles. The summed E-state index contributed by atoms with van der Waals surface area (Å²) < 4.78 is 26.8. The Bertz CT molecular complexity index is 534. The Kier molecular flexibility index (Phi) is 24.2. The molecule has 0 aromatic carbocycles. The summed E-state index contributed by atoms with van der Waals surface area (Å²) >= 11 is 2.05. The van der Waals surface area contributed by atoms with Gasteiger partial charge in [0.1, 0.15) is 0 Å². The van der Waals surface area contributed by atoms with Gasteiger partial charge in [-0.05, 0) is 31.9 Å². The molecule has 0 rings (SSSR count). The third-order valence-corrected chi connectivity index (χ3v) is 9.03. The average Bonchev–Trinajstić information content (AvgIpc) is 2.84. The highest BCUT2D eigenvalue weighted by atomic mass is 32.2. The predicted octanol–water partition coefficient (Wildman–Crippen LogP) is 9.13. The fourth-order valence-electron chi connectivity index (χ4n) is 4.02. The first-order valence-corrected chi connectivity index (χ1v) is 16.8.